The number of aliphatic hydroxyl groups excluding tert-OH is 4. The Morgan fingerprint density at radius 3 is 1.68 bits per heavy atom. The van der Waals surface area contributed by atoms with Crippen molar-refractivity contribution < 1.29 is 20.4 Å². The van der Waals surface area contributed by atoms with Crippen LogP contribution in [-0.2, 0) is 17.4 Å². The van der Waals surface area contributed by atoms with Crippen LogP contribution >= 0.6 is 0 Å². The second kappa shape index (κ2) is 9.39. The van der Waals surface area contributed by atoms with Gasteiger partial charge in [-0.1, -0.05) is 71.9 Å². The van der Waals surface area contributed by atoms with Crippen LogP contribution in [0.15, 0.2) is 36.4 Å². The van der Waals surface area contributed by atoms with Crippen molar-refractivity contribution in [2.75, 3.05) is 19.8 Å². The predicted octanol–water partition coefficient (Wildman–Crippen LogP) is 3.40. The maximum atomic E-state index is 11.3. The first-order valence-electron chi connectivity index (χ1n) is 10.8. The largest absolute Gasteiger partial charge is 0.395 e. The van der Waals surface area contributed by atoms with Crippen LogP contribution in [0, 0.1) is 5.41 Å². The molecule has 2 aromatic rings. The summed E-state index contributed by atoms with van der Waals surface area (Å²) in [5, 5.41) is 41.1. The van der Waals surface area contributed by atoms with Crippen LogP contribution in [0.1, 0.15) is 69.9 Å². The summed E-state index contributed by atoms with van der Waals surface area (Å²) >= 11 is 0. The van der Waals surface area contributed by atoms with Crippen LogP contribution < -0.4 is 5.73 Å². The van der Waals surface area contributed by atoms with E-state index in [9.17, 15) is 20.4 Å². The normalized spacial score (nSPS) is 14.0. The number of benzene rings is 2. The fraction of sp³-hybridized carbons (Fsp3) is 0.538. The number of hydrogen-bond donors (Lipinski definition) is 5. The molecule has 31 heavy (non-hydrogen) atoms. The van der Waals surface area contributed by atoms with Crippen molar-refractivity contribution in [3.05, 3.63) is 58.7 Å². The van der Waals surface area contributed by atoms with Gasteiger partial charge in [-0.3, -0.25) is 0 Å². The molecule has 0 radical (unpaired) electrons. The van der Waals surface area contributed by atoms with Gasteiger partial charge in [0.15, 0.2) is 0 Å². The molecule has 1 atom stereocenters. The van der Waals surface area contributed by atoms with E-state index < -0.39 is 31.3 Å². The van der Waals surface area contributed by atoms with E-state index in [0.29, 0.717) is 12.1 Å². The Morgan fingerprint density at radius 2 is 1.29 bits per heavy atom. The third-order valence-corrected chi connectivity index (χ3v) is 6.12. The van der Waals surface area contributed by atoms with E-state index in [-0.39, 0.29) is 10.8 Å². The molecule has 0 bridgehead atoms. The van der Waals surface area contributed by atoms with Crippen molar-refractivity contribution >= 4 is 0 Å². The van der Waals surface area contributed by atoms with Crippen LogP contribution in [0.25, 0.3) is 11.1 Å². The number of rotatable bonds is 7. The topological polar surface area (TPSA) is 107 Å². The molecular weight excluding hydrogens is 390 g/mol. The van der Waals surface area contributed by atoms with Crippen molar-refractivity contribution in [1.82, 2.24) is 0 Å². The van der Waals surface area contributed by atoms with E-state index >= 15 is 0 Å². The van der Waals surface area contributed by atoms with Gasteiger partial charge in [0.1, 0.15) is 0 Å². The van der Waals surface area contributed by atoms with Crippen LogP contribution in [0.4, 0.5) is 0 Å². The quantitative estimate of drug-likeness (QED) is 0.464. The van der Waals surface area contributed by atoms with Crippen LogP contribution in [0.5, 0.6) is 0 Å². The molecule has 2 rings (SSSR count). The van der Waals surface area contributed by atoms with Crippen LogP contribution in [0.2, 0.25) is 0 Å². The maximum absolute atomic E-state index is 11.3. The molecule has 0 heterocycles. The third-order valence-electron chi connectivity index (χ3n) is 6.12. The molecule has 0 saturated heterocycles. The summed E-state index contributed by atoms with van der Waals surface area (Å²) in [6, 6.07) is 11.9. The Morgan fingerprint density at radius 1 is 0.806 bits per heavy atom. The van der Waals surface area contributed by atoms with Gasteiger partial charge in [0.2, 0.25) is 0 Å². The fourth-order valence-corrected chi connectivity index (χ4v) is 4.02. The molecule has 0 fully saturated rings. The van der Waals surface area contributed by atoms with Gasteiger partial charge in [0.25, 0.3) is 0 Å². The highest BCUT2D eigenvalue weighted by Crippen LogP contribution is 2.45. The monoisotopic (exact) mass is 429 g/mol. The van der Waals surface area contributed by atoms with E-state index in [2.05, 4.69) is 59.7 Å². The second-order valence-electron chi connectivity index (χ2n) is 10.6. The minimum Gasteiger partial charge on any atom is -0.395 e. The van der Waals surface area contributed by atoms with E-state index in [0.717, 1.165) is 27.8 Å². The SMILES string of the molecule is CC(C)(C)c1cccc(C(C)(C)C)c1-c1cc(CN)ccc1C(O)C(CO)(CO)CO. The lowest BCUT2D eigenvalue weighted by atomic mass is 9.71. The average Bonchev–Trinajstić information content (AvgIpc) is 2.73. The molecule has 0 aliphatic heterocycles. The van der Waals surface area contributed by atoms with Gasteiger partial charge in [-0.15, -0.1) is 0 Å². The highest BCUT2D eigenvalue weighted by Gasteiger charge is 2.39. The zero-order chi connectivity index (χ0) is 23.6. The summed E-state index contributed by atoms with van der Waals surface area (Å²) in [4.78, 5) is 0. The van der Waals surface area contributed by atoms with Crippen molar-refractivity contribution in [2.24, 2.45) is 11.1 Å². The van der Waals surface area contributed by atoms with Crippen LogP contribution in [0.3, 0.4) is 0 Å². The van der Waals surface area contributed by atoms with Crippen molar-refractivity contribution in [2.45, 2.75) is 65.0 Å². The average molecular weight is 430 g/mol. The first-order valence-corrected chi connectivity index (χ1v) is 10.8. The molecule has 172 valence electrons. The van der Waals surface area contributed by atoms with E-state index in [1.54, 1.807) is 6.07 Å². The second-order valence-corrected chi connectivity index (χ2v) is 10.6. The molecule has 0 aromatic heterocycles. The molecule has 0 spiro atoms. The van der Waals surface area contributed by atoms with E-state index in [1.165, 1.54) is 0 Å². The highest BCUT2D eigenvalue weighted by molar-refractivity contribution is 5.77. The Bertz CT molecular complexity index is 849. The minimum absolute atomic E-state index is 0.167. The smallest absolute Gasteiger partial charge is 0.0918 e. The van der Waals surface area contributed by atoms with Crippen molar-refractivity contribution in [1.29, 1.82) is 0 Å². The summed E-state index contributed by atoms with van der Waals surface area (Å²) in [6.07, 6.45) is -1.27. The van der Waals surface area contributed by atoms with Gasteiger partial charge in [-0.05, 0) is 50.3 Å². The van der Waals surface area contributed by atoms with Gasteiger partial charge in [-0.2, -0.15) is 0 Å². The van der Waals surface area contributed by atoms with Gasteiger partial charge in [-0.25, -0.2) is 0 Å². The Kier molecular flexibility index (Phi) is 7.72. The Hall–Kier alpha value is -1.76. The van der Waals surface area contributed by atoms with E-state index in [4.69, 9.17) is 5.73 Å². The zero-order valence-electron chi connectivity index (χ0n) is 19.7. The van der Waals surface area contributed by atoms with Gasteiger partial charge < -0.3 is 26.2 Å². The summed E-state index contributed by atoms with van der Waals surface area (Å²) in [6.45, 7) is 11.6. The first-order chi connectivity index (χ1) is 14.4. The summed E-state index contributed by atoms with van der Waals surface area (Å²) in [5.41, 5.74) is 9.72. The molecule has 0 amide bonds. The fourth-order valence-electron chi connectivity index (χ4n) is 4.02. The zero-order valence-corrected chi connectivity index (χ0v) is 19.7. The molecule has 6 N–H and O–H groups in total. The molecule has 0 saturated carbocycles. The van der Waals surface area contributed by atoms with Gasteiger partial charge >= 0.3 is 0 Å². The molecule has 2 aromatic carbocycles. The molecular formula is C26H39NO4. The number of nitrogens with two attached hydrogens (primary N) is 1. The predicted molar refractivity (Wildman–Crippen MR) is 126 cm³/mol. The van der Waals surface area contributed by atoms with Crippen molar-refractivity contribution in [3.8, 4) is 11.1 Å². The number of aliphatic hydroxyl groups is 4. The highest BCUT2D eigenvalue weighted by atomic mass is 16.3. The molecule has 0 aliphatic carbocycles. The summed E-state index contributed by atoms with van der Waals surface area (Å²) in [5.74, 6) is 0. The molecule has 5 nitrogen and oxygen atoms in total. The lowest BCUT2D eigenvalue weighted by Crippen LogP contribution is -2.40. The third kappa shape index (κ3) is 5.02. The standard InChI is InChI=1S/C26H39NO4/c1-24(2,3)20-8-7-9-21(25(4,5)6)22(20)19-12-17(13-27)10-11-18(19)23(31)26(14-28,15-29)16-30/h7-12,23,28-31H,13-16,27H2,1-6H3. The first kappa shape index (κ1) is 25.5. The Labute approximate surface area is 186 Å². The molecule has 5 heteroatoms. The molecule has 0 aliphatic rings. The van der Waals surface area contributed by atoms with Crippen LogP contribution in [-0.4, -0.2) is 40.2 Å². The lowest BCUT2D eigenvalue weighted by Gasteiger charge is -2.36. The summed E-state index contributed by atoms with van der Waals surface area (Å²) < 4.78 is 0. The summed E-state index contributed by atoms with van der Waals surface area (Å²) in [7, 11) is 0. The maximum Gasteiger partial charge on any atom is 0.0918 e. The molecule has 1 unspecified atom stereocenters. The number of hydrogen-bond acceptors (Lipinski definition) is 5. The minimum atomic E-state index is -1.46. The lowest BCUT2D eigenvalue weighted by molar-refractivity contribution is -0.0849. The van der Waals surface area contributed by atoms with Gasteiger partial charge in [0.05, 0.1) is 31.3 Å². The van der Waals surface area contributed by atoms with E-state index in [1.807, 2.05) is 12.1 Å². The van der Waals surface area contributed by atoms with Crippen molar-refractivity contribution in [3.63, 3.8) is 0 Å². The Balaban J connectivity index is 2.98. The van der Waals surface area contributed by atoms with Gasteiger partial charge in [0, 0.05) is 6.54 Å².